The molecule has 0 spiro atoms. The number of rotatable bonds is 2. The van der Waals surface area contributed by atoms with Gasteiger partial charge in [-0.05, 0) is 32.9 Å². The molecule has 0 radical (unpaired) electrons. The Morgan fingerprint density at radius 2 is 1.83 bits per heavy atom. The van der Waals surface area contributed by atoms with Crippen molar-refractivity contribution in [2.75, 3.05) is 13.2 Å². The number of nitrogens with zero attached hydrogens (tertiary/aromatic N) is 1. The van der Waals surface area contributed by atoms with E-state index in [2.05, 4.69) is 0 Å². The highest BCUT2D eigenvalue weighted by molar-refractivity contribution is 7.89. The predicted octanol–water partition coefficient (Wildman–Crippen LogP) is 1.79. The van der Waals surface area contributed by atoms with Gasteiger partial charge in [-0.1, -0.05) is 17.7 Å². The summed E-state index contributed by atoms with van der Waals surface area (Å²) in [6.07, 6.45) is -0.0542. The molecule has 5 heteroatoms. The molecule has 0 aromatic heterocycles. The Kier molecular flexibility index (Phi) is 3.75. The lowest BCUT2D eigenvalue weighted by molar-refractivity contribution is -0.0170. The number of benzene rings is 1. The van der Waals surface area contributed by atoms with Crippen molar-refractivity contribution < 1.29 is 13.2 Å². The van der Waals surface area contributed by atoms with Gasteiger partial charge < -0.3 is 4.74 Å². The van der Waals surface area contributed by atoms with Crippen molar-refractivity contribution in [1.29, 1.82) is 0 Å². The average molecular weight is 269 g/mol. The molecule has 0 saturated carbocycles. The number of morpholine rings is 1. The summed E-state index contributed by atoms with van der Waals surface area (Å²) in [5, 5.41) is 0. The molecule has 1 fully saturated rings. The lowest BCUT2D eigenvalue weighted by atomic mass is 10.2. The molecule has 2 rings (SSSR count). The van der Waals surface area contributed by atoms with E-state index in [1.165, 1.54) is 4.31 Å². The predicted molar refractivity (Wildman–Crippen MR) is 69.9 cm³/mol. The van der Waals surface area contributed by atoms with Gasteiger partial charge in [0, 0.05) is 12.6 Å². The fraction of sp³-hybridized carbons (Fsp3) is 0.538. The van der Waals surface area contributed by atoms with Crippen LogP contribution in [0.5, 0.6) is 0 Å². The van der Waals surface area contributed by atoms with Crippen LogP contribution in [0, 0.1) is 6.92 Å². The molecular formula is C13H19NO3S. The highest BCUT2D eigenvalue weighted by Gasteiger charge is 2.33. The van der Waals surface area contributed by atoms with E-state index in [-0.39, 0.29) is 12.1 Å². The van der Waals surface area contributed by atoms with E-state index >= 15 is 0 Å². The molecule has 4 nitrogen and oxygen atoms in total. The van der Waals surface area contributed by atoms with Crippen LogP contribution >= 0.6 is 0 Å². The van der Waals surface area contributed by atoms with Gasteiger partial charge in [0.2, 0.25) is 10.0 Å². The highest BCUT2D eigenvalue weighted by atomic mass is 32.2. The summed E-state index contributed by atoms with van der Waals surface area (Å²) in [5.41, 5.74) is 1.05. The van der Waals surface area contributed by atoms with Crippen LogP contribution in [0.2, 0.25) is 0 Å². The van der Waals surface area contributed by atoms with E-state index in [1.807, 2.05) is 32.9 Å². The van der Waals surface area contributed by atoms with Gasteiger partial charge in [-0.3, -0.25) is 0 Å². The van der Waals surface area contributed by atoms with E-state index < -0.39 is 10.0 Å². The largest absolute Gasteiger partial charge is 0.375 e. The van der Waals surface area contributed by atoms with E-state index in [4.69, 9.17) is 4.74 Å². The third-order valence-electron chi connectivity index (χ3n) is 3.18. The third kappa shape index (κ3) is 2.58. The topological polar surface area (TPSA) is 46.6 Å². The van der Waals surface area contributed by atoms with Crippen LogP contribution in [-0.2, 0) is 14.8 Å². The average Bonchev–Trinajstić information content (AvgIpc) is 2.32. The van der Waals surface area contributed by atoms with Gasteiger partial charge in [-0.2, -0.15) is 4.31 Å². The zero-order valence-electron chi connectivity index (χ0n) is 11.0. The number of sulfonamides is 1. The van der Waals surface area contributed by atoms with Gasteiger partial charge in [0.15, 0.2) is 0 Å². The van der Waals surface area contributed by atoms with E-state index in [0.717, 1.165) is 5.56 Å². The summed E-state index contributed by atoms with van der Waals surface area (Å²) in [6, 6.07) is 6.85. The fourth-order valence-electron chi connectivity index (χ4n) is 2.05. The maximum absolute atomic E-state index is 12.5. The summed E-state index contributed by atoms with van der Waals surface area (Å²) in [4.78, 5) is 0.356. The molecule has 100 valence electrons. The van der Waals surface area contributed by atoms with Crippen molar-refractivity contribution in [1.82, 2.24) is 4.31 Å². The summed E-state index contributed by atoms with van der Waals surface area (Å²) >= 11 is 0. The molecule has 0 amide bonds. The first-order chi connectivity index (χ1) is 8.41. The molecule has 18 heavy (non-hydrogen) atoms. The number of hydrogen-bond donors (Lipinski definition) is 0. The zero-order chi connectivity index (χ0) is 13.3. The second-order valence-corrected chi connectivity index (χ2v) is 6.77. The monoisotopic (exact) mass is 269 g/mol. The minimum atomic E-state index is -3.41. The standard InChI is InChI=1S/C13H19NO3S/c1-10-4-6-13(7-5-10)18(15,16)14-8-12(3)17-9-11(14)2/h4-7,11-12H,8-9H2,1-3H3. The summed E-state index contributed by atoms with van der Waals surface area (Å²) in [6.45, 7) is 6.57. The normalized spacial score (nSPS) is 26.2. The molecular weight excluding hydrogens is 250 g/mol. The highest BCUT2D eigenvalue weighted by Crippen LogP contribution is 2.22. The van der Waals surface area contributed by atoms with Crippen molar-refractivity contribution in [2.24, 2.45) is 0 Å². The first-order valence-electron chi connectivity index (χ1n) is 6.11. The van der Waals surface area contributed by atoms with Crippen molar-refractivity contribution in [2.45, 2.75) is 37.8 Å². The van der Waals surface area contributed by atoms with Crippen LogP contribution in [0.1, 0.15) is 19.4 Å². The molecule has 1 aromatic carbocycles. The maximum atomic E-state index is 12.5. The second kappa shape index (κ2) is 4.99. The minimum absolute atomic E-state index is 0.0542. The molecule has 1 aliphatic rings. The van der Waals surface area contributed by atoms with Crippen LogP contribution in [-0.4, -0.2) is 38.0 Å². The summed E-state index contributed by atoms with van der Waals surface area (Å²) in [7, 11) is -3.41. The quantitative estimate of drug-likeness (QED) is 0.822. The van der Waals surface area contributed by atoms with Crippen LogP contribution in [0.3, 0.4) is 0 Å². The fourth-order valence-corrected chi connectivity index (χ4v) is 3.75. The van der Waals surface area contributed by atoms with Gasteiger partial charge in [0.05, 0.1) is 17.6 Å². The van der Waals surface area contributed by atoms with E-state index in [0.29, 0.717) is 18.0 Å². The SMILES string of the molecule is Cc1ccc(S(=O)(=O)N2CC(C)OCC2C)cc1. The number of ether oxygens (including phenoxy) is 1. The molecule has 0 bridgehead atoms. The van der Waals surface area contributed by atoms with E-state index in [9.17, 15) is 8.42 Å². The first-order valence-corrected chi connectivity index (χ1v) is 7.55. The molecule has 1 saturated heterocycles. The van der Waals surface area contributed by atoms with Crippen molar-refractivity contribution >= 4 is 10.0 Å². The maximum Gasteiger partial charge on any atom is 0.243 e. The zero-order valence-corrected chi connectivity index (χ0v) is 11.8. The second-order valence-electron chi connectivity index (χ2n) is 4.88. The van der Waals surface area contributed by atoms with Crippen LogP contribution < -0.4 is 0 Å². The molecule has 1 aliphatic heterocycles. The Bertz CT molecular complexity index is 510. The number of hydrogen-bond acceptors (Lipinski definition) is 3. The van der Waals surface area contributed by atoms with Gasteiger partial charge in [0.25, 0.3) is 0 Å². The molecule has 0 aliphatic carbocycles. The number of aryl methyl sites for hydroxylation is 1. The molecule has 1 aromatic rings. The Balaban J connectivity index is 2.32. The minimum Gasteiger partial charge on any atom is -0.375 e. The summed E-state index contributed by atoms with van der Waals surface area (Å²) < 4.78 is 32.0. The van der Waals surface area contributed by atoms with Gasteiger partial charge in [0.1, 0.15) is 0 Å². The van der Waals surface area contributed by atoms with Gasteiger partial charge in [-0.25, -0.2) is 8.42 Å². The van der Waals surface area contributed by atoms with Gasteiger partial charge >= 0.3 is 0 Å². The smallest absolute Gasteiger partial charge is 0.243 e. The van der Waals surface area contributed by atoms with Crippen LogP contribution in [0.25, 0.3) is 0 Å². The molecule has 0 N–H and O–H groups in total. The molecule has 2 atom stereocenters. The lowest BCUT2D eigenvalue weighted by Gasteiger charge is -2.35. The molecule has 2 unspecified atom stereocenters. The Hall–Kier alpha value is -0.910. The molecule has 1 heterocycles. The Morgan fingerprint density at radius 1 is 1.22 bits per heavy atom. The van der Waals surface area contributed by atoms with Crippen LogP contribution in [0.4, 0.5) is 0 Å². The van der Waals surface area contributed by atoms with Gasteiger partial charge in [-0.15, -0.1) is 0 Å². The third-order valence-corrected chi connectivity index (χ3v) is 5.17. The van der Waals surface area contributed by atoms with Crippen LogP contribution in [0.15, 0.2) is 29.2 Å². The van der Waals surface area contributed by atoms with Crippen molar-refractivity contribution in [3.63, 3.8) is 0 Å². The summed E-state index contributed by atoms with van der Waals surface area (Å²) in [5.74, 6) is 0. The first kappa shape index (κ1) is 13.5. The Labute approximate surface area is 109 Å². The van der Waals surface area contributed by atoms with E-state index in [1.54, 1.807) is 12.1 Å². The van der Waals surface area contributed by atoms with Crippen molar-refractivity contribution in [3.8, 4) is 0 Å². The lowest BCUT2D eigenvalue weighted by Crippen LogP contribution is -2.50. The van der Waals surface area contributed by atoms with Crippen molar-refractivity contribution in [3.05, 3.63) is 29.8 Å². The Morgan fingerprint density at radius 3 is 2.44 bits per heavy atom.